The molecule has 6 heteroatoms. The summed E-state index contributed by atoms with van der Waals surface area (Å²) < 4.78 is 0. The largest absolute Gasteiger partial charge is 0.508 e. The van der Waals surface area contributed by atoms with Crippen LogP contribution in [-0.2, 0) is 16.0 Å². The van der Waals surface area contributed by atoms with E-state index in [2.05, 4.69) is 27.8 Å². The Labute approximate surface area is 177 Å². The average Bonchev–Trinajstić information content (AvgIpc) is 2.65. The van der Waals surface area contributed by atoms with E-state index in [1.807, 2.05) is 46.8 Å². The standard InChI is InChI=1S/C22H33BrN2O3/c1-14(2)17(6)25(22(28)16(5)13-23)20(15(3)4)21(27)24-12-11-18-7-9-19(26)10-8-18/h7-10,14-15,17,20,26H,5,11-13H2,1-4,6H3,(H,24,27). The molecular weight excluding hydrogens is 420 g/mol. The first kappa shape index (κ1) is 24.2. The minimum Gasteiger partial charge on any atom is -0.508 e. The highest BCUT2D eigenvalue weighted by atomic mass is 79.9. The quantitative estimate of drug-likeness (QED) is 0.417. The third-order valence-corrected chi connectivity index (χ3v) is 5.63. The number of amides is 2. The molecule has 1 aromatic carbocycles. The van der Waals surface area contributed by atoms with Crippen molar-refractivity contribution in [1.82, 2.24) is 10.2 Å². The first-order valence-electron chi connectivity index (χ1n) is 9.72. The lowest BCUT2D eigenvalue weighted by molar-refractivity contribution is -0.142. The Hall–Kier alpha value is -1.82. The highest BCUT2D eigenvalue weighted by Gasteiger charge is 2.36. The van der Waals surface area contributed by atoms with E-state index in [0.29, 0.717) is 23.9 Å². The minimum absolute atomic E-state index is 0.0399. The number of benzene rings is 1. The number of alkyl halides is 1. The van der Waals surface area contributed by atoms with Crippen LogP contribution in [0.1, 0.15) is 40.2 Å². The van der Waals surface area contributed by atoms with Gasteiger partial charge in [-0.25, -0.2) is 0 Å². The van der Waals surface area contributed by atoms with Crippen molar-refractivity contribution >= 4 is 27.7 Å². The predicted molar refractivity (Wildman–Crippen MR) is 118 cm³/mol. The number of aromatic hydroxyl groups is 1. The zero-order valence-corrected chi connectivity index (χ0v) is 19.1. The molecule has 0 bridgehead atoms. The van der Waals surface area contributed by atoms with E-state index in [-0.39, 0.29) is 35.4 Å². The third-order valence-electron chi connectivity index (χ3n) is 4.95. The van der Waals surface area contributed by atoms with Gasteiger partial charge >= 0.3 is 0 Å². The van der Waals surface area contributed by atoms with Crippen molar-refractivity contribution in [3.8, 4) is 5.75 Å². The highest BCUT2D eigenvalue weighted by molar-refractivity contribution is 9.09. The monoisotopic (exact) mass is 452 g/mol. The van der Waals surface area contributed by atoms with Crippen LogP contribution in [0.25, 0.3) is 0 Å². The van der Waals surface area contributed by atoms with Crippen LogP contribution in [0.2, 0.25) is 0 Å². The summed E-state index contributed by atoms with van der Waals surface area (Å²) in [5, 5.41) is 12.7. The lowest BCUT2D eigenvalue weighted by Gasteiger charge is -2.40. The lowest BCUT2D eigenvalue weighted by Crippen LogP contribution is -2.57. The first-order chi connectivity index (χ1) is 13.1. The molecule has 2 unspecified atom stereocenters. The van der Waals surface area contributed by atoms with Gasteiger partial charge in [0.05, 0.1) is 0 Å². The van der Waals surface area contributed by atoms with Crippen molar-refractivity contribution in [1.29, 1.82) is 0 Å². The van der Waals surface area contributed by atoms with Crippen LogP contribution >= 0.6 is 15.9 Å². The summed E-state index contributed by atoms with van der Waals surface area (Å²) in [5.41, 5.74) is 1.46. The molecule has 1 aromatic rings. The topological polar surface area (TPSA) is 69.6 Å². The maximum Gasteiger partial charge on any atom is 0.250 e. The van der Waals surface area contributed by atoms with Gasteiger partial charge < -0.3 is 15.3 Å². The zero-order chi connectivity index (χ0) is 21.4. The van der Waals surface area contributed by atoms with Crippen LogP contribution in [0, 0.1) is 11.8 Å². The van der Waals surface area contributed by atoms with E-state index in [1.165, 1.54) is 0 Å². The SMILES string of the molecule is C=C(CBr)C(=O)N(C(C)C(C)C)C(C(=O)NCCc1ccc(O)cc1)C(C)C. The second-order valence-electron chi connectivity index (χ2n) is 7.83. The molecule has 0 aliphatic heterocycles. The molecule has 0 fully saturated rings. The second kappa shape index (κ2) is 11.2. The molecule has 0 aromatic heterocycles. The summed E-state index contributed by atoms with van der Waals surface area (Å²) in [4.78, 5) is 27.7. The van der Waals surface area contributed by atoms with Gasteiger partial charge in [-0.2, -0.15) is 0 Å². The Balaban J connectivity index is 2.95. The molecule has 0 saturated carbocycles. The van der Waals surface area contributed by atoms with Gasteiger partial charge in [0.25, 0.3) is 5.91 Å². The van der Waals surface area contributed by atoms with E-state index in [4.69, 9.17) is 0 Å². The Bertz CT molecular complexity index is 671. The van der Waals surface area contributed by atoms with Gasteiger partial charge in [-0.05, 0) is 42.9 Å². The summed E-state index contributed by atoms with van der Waals surface area (Å²) in [6.07, 6.45) is 0.651. The molecular formula is C22H33BrN2O3. The molecule has 1 rings (SSSR count). The average molecular weight is 453 g/mol. The predicted octanol–water partition coefficient (Wildman–Crippen LogP) is 3.90. The number of carbonyl (C=O) groups is 2. The minimum atomic E-state index is -0.569. The van der Waals surface area contributed by atoms with Crippen LogP contribution in [0.15, 0.2) is 36.4 Å². The summed E-state index contributed by atoms with van der Waals surface area (Å²) in [5.74, 6) is 0.0408. The molecule has 5 nitrogen and oxygen atoms in total. The Morgan fingerprint density at radius 1 is 1.11 bits per heavy atom. The molecule has 0 aliphatic rings. The van der Waals surface area contributed by atoms with E-state index in [9.17, 15) is 14.7 Å². The van der Waals surface area contributed by atoms with Crippen molar-refractivity contribution in [2.45, 2.75) is 53.1 Å². The highest BCUT2D eigenvalue weighted by Crippen LogP contribution is 2.22. The number of nitrogens with one attached hydrogen (secondary N) is 1. The van der Waals surface area contributed by atoms with Gasteiger partial charge in [-0.15, -0.1) is 0 Å². The summed E-state index contributed by atoms with van der Waals surface area (Å²) in [6, 6.07) is 6.25. The molecule has 2 atom stereocenters. The molecule has 0 saturated heterocycles. The number of phenols is 1. The van der Waals surface area contributed by atoms with Crippen LogP contribution < -0.4 is 5.32 Å². The van der Waals surface area contributed by atoms with Crippen LogP contribution in [0.3, 0.4) is 0 Å². The maximum absolute atomic E-state index is 13.0. The zero-order valence-electron chi connectivity index (χ0n) is 17.5. The van der Waals surface area contributed by atoms with Crippen LogP contribution in [0.5, 0.6) is 5.75 Å². The molecule has 156 valence electrons. The third kappa shape index (κ3) is 6.66. The number of nitrogens with zero attached hydrogens (tertiary/aromatic N) is 1. The molecule has 2 N–H and O–H groups in total. The molecule has 2 amide bonds. The smallest absolute Gasteiger partial charge is 0.250 e. The van der Waals surface area contributed by atoms with Crippen molar-refractivity contribution in [3.63, 3.8) is 0 Å². The summed E-state index contributed by atoms with van der Waals surface area (Å²) in [7, 11) is 0. The molecule has 0 heterocycles. The Kier molecular flexibility index (Phi) is 9.73. The van der Waals surface area contributed by atoms with Crippen molar-refractivity contribution in [2.75, 3.05) is 11.9 Å². The van der Waals surface area contributed by atoms with Crippen LogP contribution in [-0.4, -0.2) is 45.8 Å². The molecule has 28 heavy (non-hydrogen) atoms. The fraction of sp³-hybridized carbons (Fsp3) is 0.545. The fourth-order valence-corrected chi connectivity index (χ4v) is 3.21. The molecule has 0 spiro atoms. The van der Waals surface area contributed by atoms with E-state index >= 15 is 0 Å². The molecule has 0 aliphatic carbocycles. The second-order valence-corrected chi connectivity index (χ2v) is 8.39. The number of hydrogen-bond acceptors (Lipinski definition) is 3. The normalized spacial score (nSPS) is 13.3. The molecule has 0 radical (unpaired) electrons. The fourth-order valence-electron chi connectivity index (χ4n) is 2.97. The van der Waals surface area contributed by atoms with E-state index in [0.717, 1.165) is 5.56 Å². The number of halogens is 1. The van der Waals surface area contributed by atoms with Crippen molar-refractivity contribution in [2.24, 2.45) is 11.8 Å². The van der Waals surface area contributed by atoms with Gasteiger partial charge in [0.15, 0.2) is 0 Å². The van der Waals surface area contributed by atoms with Gasteiger partial charge in [0, 0.05) is 23.5 Å². The number of rotatable bonds is 10. The number of carbonyl (C=O) groups excluding carboxylic acids is 2. The van der Waals surface area contributed by atoms with Gasteiger partial charge in [0.1, 0.15) is 11.8 Å². The Morgan fingerprint density at radius 2 is 1.68 bits per heavy atom. The van der Waals surface area contributed by atoms with Crippen molar-refractivity contribution in [3.05, 3.63) is 42.0 Å². The van der Waals surface area contributed by atoms with Crippen molar-refractivity contribution < 1.29 is 14.7 Å². The Morgan fingerprint density at radius 3 is 2.14 bits per heavy atom. The van der Waals surface area contributed by atoms with Crippen LogP contribution in [0.4, 0.5) is 0 Å². The number of hydrogen-bond donors (Lipinski definition) is 2. The maximum atomic E-state index is 13.0. The summed E-state index contributed by atoms with van der Waals surface area (Å²) in [6.45, 7) is 14.3. The lowest BCUT2D eigenvalue weighted by atomic mass is 9.94. The summed E-state index contributed by atoms with van der Waals surface area (Å²) >= 11 is 3.30. The van der Waals surface area contributed by atoms with E-state index in [1.54, 1.807) is 17.0 Å². The number of phenolic OH excluding ortho intramolecular Hbond substituents is 1. The van der Waals surface area contributed by atoms with Gasteiger partial charge in [0.2, 0.25) is 5.91 Å². The van der Waals surface area contributed by atoms with Gasteiger partial charge in [-0.1, -0.05) is 62.3 Å². The first-order valence-corrected chi connectivity index (χ1v) is 10.8. The van der Waals surface area contributed by atoms with Gasteiger partial charge in [-0.3, -0.25) is 9.59 Å². The van der Waals surface area contributed by atoms with E-state index < -0.39 is 6.04 Å².